The molecule has 0 saturated heterocycles. The van der Waals surface area contributed by atoms with Crippen LogP contribution in [0.4, 0.5) is 5.69 Å². The summed E-state index contributed by atoms with van der Waals surface area (Å²) in [5.41, 5.74) is 9.82. The number of hydrogen-bond donors (Lipinski definition) is 1. The van der Waals surface area contributed by atoms with E-state index in [4.69, 9.17) is 15.0 Å². The van der Waals surface area contributed by atoms with Crippen molar-refractivity contribution in [3.8, 4) is 5.75 Å². The van der Waals surface area contributed by atoms with Crippen molar-refractivity contribution >= 4 is 17.4 Å². The first-order valence-corrected chi connectivity index (χ1v) is 8.31. The number of rotatable bonds is 9. The van der Waals surface area contributed by atoms with Crippen LogP contribution in [-0.4, -0.2) is 37.6 Å². The number of Topliss-reactive ketones (excluding diaryl/α,β-unsaturated/α-hetero) is 1. The first-order valence-electron chi connectivity index (χ1n) is 8.31. The summed E-state index contributed by atoms with van der Waals surface area (Å²) in [4.78, 5) is 28.1. The molecule has 27 heavy (non-hydrogen) atoms. The number of nitrogens with one attached hydrogen (secondary N) is 1. The maximum atomic E-state index is 12.8. The lowest BCUT2D eigenvalue weighted by Gasteiger charge is -2.23. The number of anilines is 1. The van der Waals surface area contributed by atoms with Gasteiger partial charge >= 0.3 is 5.97 Å². The quantitative estimate of drug-likeness (QED) is 0.239. The van der Waals surface area contributed by atoms with Crippen molar-refractivity contribution in [2.24, 2.45) is 5.11 Å². The Labute approximate surface area is 156 Å². The molecule has 140 valence electrons. The van der Waals surface area contributed by atoms with E-state index in [9.17, 15) is 9.59 Å². The number of azide groups is 1. The molecule has 0 saturated carbocycles. The molecule has 8 nitrogen and oxygen atoms in total. The van der Waals surface area contributed by atoms with Gasteiger partial charge in [-0.1, -0.05) is 35.4 Å². The van der Waals surface area contributed by atoms with Crippen molar-refractivity contribution in [3.05, 3.63) is 70.6 Å². The number of benzene rings is 2. The fourth-order valence-electron chi connectivity index (χ4n) is 2.46. The number of ether oxygens (including phenoxy) is 2. The minimum absolute atomic E-state index is 0.127. The van der Waals surface area contributed by atoms with Gasteiger partial charge in [-0.2, -0.15) is 0 Å². The molecule has 0 fully saturated rings. The second kappa shape index (κ2) is 9.84. The topological polar surface area (TPSA) is 113 Å². The fourth-order valence-corrected chi connectivity index (χ4v) is 2.46. The van der Waals surface area contributed by atoms with E-state index in [-0.39, 0.29) is 6.61 Å². The van der Waals surface area contributed by atoms with Crippen LogP contribution in [0.25, 0.3) is 10.4 Å². The second-order valence-corrected chi connectivity index (χ2v) is 5.48. The predicted octanol–water partition coefficient (Wildman–Crippen LogP) is 3.60. The Morgan fingerprint density at radius 1 is 1.15 bits per heavy atom. The number of esters is 1. The van der Waals surface area contributed by atoms with Gasteiger partial charge in [-0.15, -0.1) is 0 Å². The van der Waals surface area contributed by atoms with Crippen LogP contribution in [0.3, 0.4) is 0 Å². The van der Waals surface area contributed by atoms with Crippen molar-refractivity contribution in [2.75, 3.05) is 19.0 Å². The average molecular weight is 368 g/mol. The van der Waals surface area contributed by atoms with Gasteiger partial charge in [0.1, 0.15) is 17.8 Å². The maximum Gasteiger partial charge on any atom is 0.329 e. The zero-order valence-electron chi connectivity index (χ0n) is 15.0. The lowest BCUT2D eigenvalue weighted by atomic mass is 9.98. The Morgan fingerprint density at radius 3 is 2.37 bits per heavy atom. The highest BCUT2D eigenvalue weighted by Gasteiger charge is 2.35. The summed E-state index contributed by atoms with van der Waals surface area (Å²) in [6, 6.07) is 12.6. The van der Waals surface area contributed by atoms with Crippen LogP contribution in [0.5, 0.6) is 5.75 Å². The van der Waals surface area contributed by atoms with Crippen LogP contribution < -0.4 is 10.1 Å². The van der Waals surface area contributed by atoms with Crippen LogP contribution in [0.15, 0.2) is 59.7 Å². The van der Waals surface area contributed by atoms with E-state index < -0.39 is 23.8 Å². The van der Waals surface area contributed by atoms with Gasteiger partial charge in [0.25, 0.3) is 0 Å². The van der Waals surface area contributed by atoms with E-state index >= 15 is 0 Å². The summed E-state index contributed by atoms with van der Waals surface area (Å²) >= 11 is 0. The normalized spacial score (nSPS) is 12.2. The smallest absolute Gasteiger partial charge is 0.329 e. The molecular formula is C19H20N4O4. The average Bonchev–Trinajstić information content (AvgIpc) is 2.71. The zero-order chi connectivity index (χ0) is 19.6. The molecule has 2 aromatic carbocycles. The predicted molar refractivity (Wildman–Crippen MR) is 101 cm³/mol. The molecule has 1 N–H and O–H groups in total. The fraction of sp³-hybridized carbons (Fsp3) is 0.263. The van der Waals surface area contributed by atoms with E-state index in [0.717, 1.165) is 0 Å². The van der Waals surface area contributed by atoms with Gasteiger partial charge in [0.15, 0.2) is 5.78 Å². The van der Waals surface area contributed by atoms with Crippen LogP contribution in [0.2, 0.25) is 0 Å². The van der Waals surface area contributed by atoms with Crippen LogP contribution in [0, 0.1) is 0 Å². The van der Waals surface area contributed by atoms with Crippen molar-refractivity contribution < 1.29 is 19.1 Å². The molecule has 0 unspecified atom stereocenters. The molecule has 0 spiro atoms. The highest BCUT2D eigenvalue weighted by molar-refractivity contribution is 6.04. The number of nitrogens with zero attached hydrogens (tertiary/aromatic N) is 3. The lowest BCUT2D eigenvalue weighted by molar-refractivity contribution is -0.144. The monoisotopic (exact) mass is 368 g/mol. The molecular weight excluding hydrogens is 348 g/mol. The number of carbonyl (C=O) groups is 2. The van der Waals surface area contributed by atoms with Gasteiger partial charge < -0.3 is 14.8 Å². The van der Waals surface area contributed by atoms with Gasteiger partial charge in [-0.3, -0.25) is 4.79 Å². The number of ketones is 1. The molecule has 0 amide bonds. The maximum absolute atomic E-state index is 12.8. The summed E-state index contributed by atoms with van der Waals surface area (Å²) < 4.78 is 10.2. The van der Waals surface area contributed by atoms with E-state index in [1.807, 2.05) is 0 Å². The Bertz CT molecular complexity index is 817. The molecule has 0 aromatic heterocycles. The van der Waals surface area contributed by atoms with Gasteiger partial charge in [0.2, 0.25) is 0 Å². The molecule has 2 rings (SSSR count). The van der Waals surface area contributed by atoms with E-state index in [1.165, 1.54) is 0 Å². The van der Waals surface area contributed by atoms with Gasteiger partial charge in [-0.25, -0.2) is 4.79 Å². The molecule has 0 heterocycles. The third-order valence-corrected chi connectivity index (χ3v) is 3.77. The van der Waals surface area contributed by atoms with E-state index in [0.29, 0.717) is 17.0 Å². The molecule has 2 aromatic rings. The van der Waals surface area contributed by atoms with Gasteiger partial charge in [-0.05, 0) is 36.7 Å². The van der Waals surface area contributed by atoms with Gasteiger partial charge in [0, 0.05) is 16.2 Å². The standard InChI is InChI=1S/C19H20N4O4/c1-3-27-19(25)17(21-14-9-11-15(26-2)12-10-14)16(22-23-20)18(24)13-7-5-4-6-8-13/h4-12,16-17,21H,3H2,1-2H3/t16-,17-/m0/s1. The van der Waals surface area contributed by atoms with Crippen molar-refractivity contribution in [2.45, 2.75) is 19.0 Å². The van der Waals surface area contributed by atoms with Crippen LogP contribution >= 0.6 is 0 Å². The minimum atomic E-state index is -1.31. The largest absolute Gasteiger partial charge is 0.497 e. The third kappa shape index (κ3) is 5.23. The number of hydrogen-bond acceptors (Lipinski definition) is 6. The first kappa shape index (κ1) is 19.8. The Kier molecular flexibility index (Phi) is 7.22. The highest BCUT2D eigenvalue weighted by Crippen LogP contribution is 2.19. The lowest BCUT2D eigenvalue weighted by Crippen LogP contribution is -2.45. The van der Waals surface area contributed by atoms with Crippen molar-refractivity contribution in [1.29, 1.82) is 0 Å². The second-order valence-electron chi connectivity index (χ2n) is 5.48. The van der Waals surface area contributed by atoms with Crippen LogP contribution in [0.1, 0.15) is 17.3 Å². The number of carbonyl (C=O) groups excluding carboxylic acids is 2. The van der Waals surface area contributed by atoms with E-state index in [1.54, 1.807) is 68.6 Å². The molecule has 8 heteroatoms. The summed E-state index contributed by atoms with van der Waals surface area (Å²) in [6.07, 6.45) is 0. The molecule has 0 aliphatic heterocycles. The summed E-state index contributed by atoms with van der Waals surface area (Å²) in [7, 11) is 1.54. The summed E-state index contributed by atoms with van der Waals surface area (Å²) in [6.45, 7) is 1.78. The SMILES string of the molecule is CCOC(=O)[C@@H](Nc1ccc(OC)cc1)[C@H](N=[N+]=[N-])C(=O)c1ccccc1. The van der Waals surface area contributed by atoms with Crippen molar-refractivity contribution in [1.82, 2.24) is 0 Å². The molecule has 2 atom stereocenters. The molecule has 0 radical (unpaired) electrons. The van der Waals surface area contributed by atoms with Gasteiger partial charge in [0.05, 0.1) is 13.7 Å². The Hall–Kier alpha value is -3.51. The highest BCUT2D eigenvalue weighted by atomic mass is 16.5. The summed E-state index contributed by atoms with van der Waals surface area (Å²) in [5.74, 6) is -0.525. The first-order chi connectivity index (χ1) is 13.1. The molecule has 0 aliphatic rings. The van der Waals surface area contributed by atoms with Crippen molar-refractivity contribution in [3.63, 3.8) is 0 Å². The van der Waals surface area contributed by atoms with E-state index in [2.05, 4.69) is 15.3 Å². The molecule has 0 bridgehead atoms. The Balaban J connectivity index is 2.36. The zero-order valence-corrected chi connectivity index (χ0v) is 15.0. The van der Waals surface area contributed by atoms with Crippen LogP contribution in [-0.2, 0) is 9.53 Å². The molecule has 0 aliphatic carbocycles. The summed E-state index contributed by atoms with van der Waals surface area (Å²) in [5, 5.41) is 6.51. The minimum Gasteiger partial charge on any atom is -0.497 e. The number of methoxy groups -OCH3 is 1. The Morgan fingerprint density at radius 2 is 1.81 bits per heavy atom. The third-order valence-electron chi connectivity index (χ3n) is 3.77.